The monoisotopic (exact) mass is 652 g/mol. The summed E-state index contributed by atoms with van der Waals surface area (Å²) in [5, 5.41) is 50.7. The number of carboxylic acids is 5. The molecule has 2 rings (SSSR count). The van der Waals surface area contributed by atoms with Crippen molar-refractivity contribution in [3.05, 3.63) is 29.8 Å². The molecule has 258 valence electrons. The molecule has 0 radical (unpaired) electrons. The third kappa shape index (κ3) is 15.9. The van der Waals surface area contributed by atoms with Crippen molar-refractivity contribution in [1.82, 2.24) is 24.5 Å². The minimum absolute atomic E-state index is 0.264. The standard InChI is InChI=1S/C30H48N6O10/c1-31-24-7-5-23(6-8-24)3-2-4-25(36(21-29(43)44)22-30(45)46)17-32-9-11-33(18-26(37)38)13-15-35(20-28(41)42)16-14-34(12-10-32)19-27(39)40/h5-8,25,31H,2-4,9-22H2,1H3,(H,37,38)(H,39,40)(H,41,42)(H,43,44)(H,45,46). The first-order valence-corrected chi connectivity index (χ1v) is 15.3. The van der Waals surface area contributed by atoms with Gasteiger partial charge in [0.15, 0.2) is 0 Å². The maximum atomic E-state index is 11.8. The molecule has 1 aliphatic rings. The molecule has 0 aromatic heterocycles. The number of carboxylic acid groups (broad SMARTS) is 5. The molecule has 0 amide bonds. The van der Waals surface area contributed by atoms with Gasteiger partial charge < -0.3 is 30.8 Å². The van der Waals surface area contributed by atoms with Gasteiger partial charge in [0.1, 0.15) is 0 Å². The maximum Gasteiger partial charge on any atom is 0.317 e. The third-order valence-corrected chi connectivity index (χ3v) is 7.91. The number of hydrogen-bond donors (Lipinski definition) is 6. The molecule has 1 atom stereocenters. The molecule has 46 heavy (non-hydrogen) atoms. The highest BCUT2D eigenvalue weighted by atomic mass is 16.4. The Hall–Kier alpha value is -3.83. The van der Waals surface area contributed by atoms with Crippen LogP contribution in [0.4, 0.5) is 5.69 Å². The highest BCUT2D eigenvalue weighted by Gasteiger charge is 2.27. The van der Waals surface area contributed by atoms with Crippen LogP contribution in [-0.4, -0.2) is 185 Å². The number of benzene rings is 1. The number of nitrogens with one attached hydrogen (secondary N) is 1. The summed E-state index contributed by atoms with van der Waals surface area (Å²) < 4.78 is 0. The number of aliphatic carboxylic acids is 5. The Kier molecular flexibility index (Phi) is 16.9. The average Bonchev–Trinajstić information content (AvgIpc) is 2.96. The molecule has 1 fully saturated rings. The van der Waals surface area contributed by atoms with Crippen LogP contribution in [0, 0.1) is 0 Å². The van der Waals surface area contributed by atoms with E-state index in [0.29, 0.717) is 45.4 Å². The van der Waals surface area contributed by atoms with Crippen molar-refractivity contribution >= 4 is 35.5 Å². The van der Waals surface area contributed by atoms with Gasteiger partial charge in [0, 0.05) is 77.7 Å². The SMILES string of the molecule is CNc1ccc(CCCC(CN2CCN(CC(=O)O)CCN(CC(=O)O)CCN(CC(=O)O)CC2)N(CC(=O)O)CC(=O)O)cc1. The number of rotatable bonds is 18. The number of hydrogen-bond acceptors (Lipinski definition) is 11. The van der Waals surface area contributed by atoms with Crippen LogP contribution < -0.4 is 5.32 Å². The van der Waals surface area contributed by atoms with Crippen LogP contribution in [0.15, 0.2) is 24.3 Å². The summed E-state index contributed by atoms with van der Waals surface area (Å²) in [6.07, 6.45) is 1.84. The summed E-state index contributed by atoms with van der Waals surface area (Å²) in [5.74, 6) is -5.43. The van der Waals surface area contributed by atoms with Gasteiger partial charge in [0.25, 0.3) is 0 Å². The van der Waals surface area contributed by atoms with Crippen molar-refractivity contribution in [2.45, 2.75) is 25.3 Å². The highest BCUT2D eigenvalue weighted by molar-refractivity contribution is 5.72. The first-order valence-electron chi connectivity index (χ1n) is 15.3. The third-order valence-electron chi connectivity index (χ3n) is 7.91. The summed E-state index contributed by atoms with van der Waals surface area (Å²) >= 11 is 0. The predicted octanol–water partition coefficient (Wildman–Crippen LogP) is -0.634. The summed E-state index contributed by atoms with van der Waals surface area (Å²) in [6, 6.07) is 7.43. The Balaban J connectivity index is 2.31. The van der Waals surface area contributed by atoms with Crippen LogP contribution in [0.1, 0.15) is 18.4 Å². The predicted molar refractivity (Wildman–Crippen MR) is 168 cm³/mol. The van der Waals surface area contributed by atoms with E-state index in [4.69, 9.17) is 0 Å². The second-order valence-electron chi connectivity index (χ2n) is 11.5. The van der Waals surface area contributed by atoms with Crippen molar-refractivity contribution in [2.24, 2.45) is 0 Å². The topological polar surface area (TPSA) is 215 Å². The lowest BCUT2D eigenvalue weighted by atomic mass is 10.0. The van der Waals surface area contributed by atoms with E-state index in [1.54, 1.807) is 14.7 Å². The summed E-state index contributed by atoms with van der Waals surface area (Å²) in [4.78, 5) is 66.7. The van der Waals surface area contributed by atoms with Gasteiger partial charge >= 0.3 is 29.8 Å². The zero-order valence-electron chi connectivity index (χ0n) is 26.4. The van der Waals surface area contributed by atoms with Crippen LogP contribution >= 0.6 is 0 Å². The van der Waals surface area contributed by atoms with Gasteiger partial charge in [-0.05, 0) is 37.0 Å². The number of nitrogens with zero attached hydrogens (tertiary/aromatic N) is 5. The molecular formula is C30H48N6O10. The first kappa shape index (κ1) is 38.4. The van der Waals surface area contributed by atoms with Crippen LogP contribution in [0.3, 0.4) is 0 Å². The molecule has 0 spiro atoms. The fourth-order valence-corrected chi connectivity index (χ4v) is 5.54. The van der Waals surface area contributed by atoms with Crippen molar-refractivity contribution < 1.29 is 49.5 Å². The van der Waals surface area contributed by atoms with Crippen molar-refractivity contribution in [3.8, 4) is 0 Å². The molecule has 1 heterocycles. The van der Waals surface area contributed by atoms with E-state index >= 15 is 0 Å². The molecule has 16 nitrogen and oxygen atoms in total. The molecule has 0 aliphatic carbocycles. The molecule has 1 unspecified atom stereocenters. The van der Waals surface area contributed by atoms with Crippen LogP contribution in [0.25, 0.3) is 0 Å². The average molecular weight is 653 g/mol. The zero-order valence-corrected chi connectivity index (χ0v) is 26.4. The molecule has 6 N–H and O–H groups in total. The summed E-state index contributed by atoms with van der Waals surface area (Å²) in [6.45, 7) is 0.916. The van der Waals surface area contributed by atoms with Crippen molar-refractivity contribution in [2.75, 3.05) is 104 Å². The van der Waals surface area contributed by atoms with Crippen molar-refractivity contribution in [3.63, 3.8) is 0 Å². The van der Waals surface area contributed by atoms with Gasteiger partial charge in [-0.2, -0.15) is 0 Å². The van der Waals surface area contributed by atoms with E-state index in [1.807, 2.05) is 36.2 Å². The lowest BCUT2D eigenvalue weighted by molar-refractivity contribution is -0.143. The summed E-state index contributed by atoms with van der Waals surface area (Å²) in [7, 11) is 1.83. The highest BCUT2D eigenvalue weighted by Crippen LogP contribution is 2.16. The second kappa shape index (κ2) is 20.3. The van der Waals surface area contributed by atoms with E-state index in [2.05, 4.69) is 5.32 Å². The van der Waals surface area contributed by atoms with E-state index in [-0.39, 0.29) is 52.4 Å². The van der Waals surface area contributed by atoms with Crippen LogP contribution in [-0.2, 0) is 30.4 Å². The fourth-order valence-electron chi connectivity index (χ4n) is 5.54. The fraction of sp³-hybridized carbons (Fsp3) is 0.633. The zero-order chi connectivity index (χ0) is 34.1. The van der Waals surface area contributed by atoms with Gasteiger partial charge in [-0.1, -0.05) is 12.1 Å². The maximum absolute atomic E-state index is 11.8. The lowest BCUT2D eigenvalue weighted by Crippen LogP contribution is -2.52. The smallest absolute Gasteiger partial charge is 0.317 e. The number of carbonyl (C=O) groups is 5. The normalized spacial score (nSPS) is 17.1. The summed E-state index contributed by atoms with van der Waals surface area (Å²) in [5.41, 5.74) is 2.05. The molecular weight excluding hydrogens is 604 g/mol. The molecule has 1 aliphatic heterocycles. The Morgan fingerprint density at radius 3 is 1.39 bits per heavy atom. The van der Waals surface area contributed by atoms with Gasteiger partial charge in [-0.3, -0.25) is 48.5 Å². The Morgan fingerprint density at radius 2 is 1.04 bits per heavy atom. The molecule has 0 bridgehead atoms. The minimum atomic E-state index is -1.16. The quantitative estimate of drug-likeness (QED) is 0.116. The van der Waals surface area contributed by atoms with Gasteiger partial charge in [0.2, 0.25) is 0 Å². The molecule has 1 aromatic carbocycles. The van der Waals surface area contributed by atoms with E-state index in [0.717, 1.165) is 11.3 Å². The molecule has 1 saturated heterocycles. The van der Waals surface area contributed by atoms with E-state index < -0.39 is 49.0 Å². The lowest BCUT2D eigenvalue weighted by Gasteiger charge is -2.37. The minimum Gasteiger partial charge on any atom is -0.480 e. The number of anilines is 1. The van der Waals surface area contributed by atoms with Gasteiger partial charge in [-0.15, -0.1) is 0 Å². The second-order valence-corrected chi connectivity index (χ2v) is 11.5. The van der Waals surface area contributed by atoms with Crippen molar-refractivity contribution in [1.29, 1.82) is 0 Å². The molecule has 0 saturated carbocycles. The largest absolute Gasteiger partial charge is 0.480 e. The first-order chi connectivity index (χ1) is 21.8. The van der Waals surface area contributed by atoms with Gasteiger partial charge in [-0.25, -0.2) is 0 Å². The molecule has 1 aromatic rings. The van der Waals surface area contributed by atoms with Gasteiger partial charge in [0.05, 0.1) is 32.7 Å². The molecule has 16 heteroatoms. The van der Waals surface area contributed by atoms with Crippen LogP contribution in [0.5, 0.6) is 0 Å². The Bertz CT molecular complexity index is 1090. The van der Waals surface area contributed by atoms with E-state index in [9.17, 15) is 49.5 Å². The number of aryl methyl sites for hydroxylation is 1. The Labute approximate surface area is 268 Å². The van der Waals surface area contributed by atoms with E-state index in [1.165, 1.54) is 4.90 Å². The van der Waals surface area contributed by atoms with Crippen LogP contribution in [0.2, 0.25) is 0 Å². The Morgan fingerprint density at radius 1 is 0.652 bits per heavy atom.